The minimum atomic E-state index is -0.617. The van der Waals surface area contributed by atoms with Gasteiger partial charge in [-0.1, -0.05) is 30.3 Å². The number of amides is 1. The summed E-state index contributed by atoms with van der Waals surface area (Å²) in [6, 6.07) is 15.3. The van der Waals surface area contributed by atoms with E-state index in [9.17, 15) is 9.90 Å². The van der Waals surface area contributed by atoms with Gasteiger partial charge >= 0.3 is 0 Å². The average molecular weight is 352 g/mol. The normalized spacial score (nSPS) is 12.1. The Kier molecular flexibility index (Phi) is 5.58. The lowest BCUT2D eigenvalue weighted by molar-refractivity contribution is 0.0939. The van der Waals surface area contributed by atoms with Crippen LogP contribution in [0.5, 0.6) is 5.75 Å². The first-order chi connectivity index (χ1) is 12.6. The molecule has 0 aliphatic carbocycles. The van der Waals surface area contributed by atoms with Crippen molar-refractivity contribution in [2.75, 3.05) is 13.2 Å². The van der Waals surface area contributed by atoms with Gasteiger partial charge in [-0.25, -0.2) is 0 Å². The molecule has 2 N–H and O–H groups in total. The first kappa shape index (κ1) is 18.0. The summed E-state index contributed by atoms with van der Waals surface area (Å²) in [5, 5.41) is 15.1. The van der Waals surface area contributed by atoms with E-state index in [1.165, 1.54) is 0 Å². The molecule has 1 heterocycles. The molecule has 3 rings (SSSR count). The highest BCUT2D eigenvalue weighted by atomic mass is 16.5. The van der Waals surface area contributed by atoms with Crippen LogP contribution in [0.4, 0.5) is 0 Å². The summed E-state index contributed by atoms with van der Waals surface area (Å²) in [7, 11) is 1.89. The average Bonchev–Trinajstić information content (AvgIpc) is 3.07. The third-order valence-corrected chi connectivity index (χ3v) is 4.45. The topological polar surface area (TPSA) is 63.5 Å². The zero-order valence-corrected chi connectivity index (χ0v) is 15.1. The molecule has 26 heavy (non-hydrogen) atoms. The van der Waals surface area contributed by atoms with Crippen LogP contribution in [-0.2, 0) is 7.05 Å². The maximum atomic E-state index is 12.8. The Morgan fingerprint density at radius 1 is 1.19 bits per heavy atom. The molecule has 0 saturated heterocycles. The van der Waals surface area contributed by atoms with Crippen molar-refractivity contribution in [1.82, 2.24) is 9.88 Å². The van der Waals surface area contributed by atoms with E-state index in [2.05, 4.69) is 5.32 Å². The second-order valence-electron chi connectivity index (χ2n) is 6.20. The Balaban J connectivity index is 1.75. The van der Waals surface area contributed by atoms with E-state index in [4.69, 9.17) is 4.74 Å². The molecule has 0 spiro atoms. The van der Waals surface area contributed by atoms with Crippen LogP contribution in [0, 0.1) is 0 Å². The Bertz CT molecular complexity index is 901. The lowest BCUT2D eigenvalue weighted by Gasteiger charge is -2.15. The molecule has 136 valence electrons. The van der Waals surface area contributed by atoms with Crippen molar-refractivity contribution in [3.05, 3.63) is 66.0 Å². The highest BCUT2D eigenvalue weighted by Gasteiger charge is 2.17. The molecule has 0 saturated carbocycles. The molecular formula is C21H24N2O3. The Morgan fingerprint density at radius 3 is 2.73 bits per heavy atom. The SMILES string of the molecule is CCOc1ccc2ccccc2c1C(=O)NCCC(O)c1cccn1C. The van der Waals surface area contributed by atoms with Gasteiger partial charge in [-0.2, -0.15) is 0 Å². The number of nitrogens with zero attached hydrogens (tertiary/aromatic N) is 1. The summed E-state index contributed by atoms with van der Waals surface area (Å²) >= 11 is 0. The van der Waals surface area contributed by atoms with E-state index in [1.807, 2.05) is 73.3 Å². The molecular weight excluding hydrogens is 328 g/mol. The third-order valence-electron chi connectivity index (χ3n) is 4.45. The molecule has 1 unspecified atom stereocenters. The van der Waals surface area contributed by atoms with Crippen molar-refractivity contribution in [1.29, 1.82) is 0 Å². The summed E-state index contributed by atoms with van der Waals surface area (Å²) < 4.78 is 7.53. The number of carbonyl (C=O) groups excluding carboxylic acids is 1. The second kappa shape index (κ2) is 8.06. The van der Waals surface area contributed by atoms with E-state index >= 15 is 0 Å². The number of aromatic nitrogens is 1. The van der Waals surface area contributed by atoms with Crippen LogP contribution in [0.3, 0.4) is 0 Å². The number of hydrogen-bond acceptors (Lipinski definition) is 3. The number of aryl methyl sites for hydroxylation is 1. The standard InChI is InChI=1S/C21H24N2O3/c1-3-26-19-11-10-15-7-4-5-8-16(15)20(19)21(25)22-13-12-18(24)17-9-6-14-23(17)2/h4-11,14,18,24H,3,12-13H2,1-2H3,(H,22,25). The first-order valence-corrected chi connectivity index (χ1v) is 8.84. The monoisotopic (exact) mass is 352 g/mol. The number of aliphatic hydroxyl groups is 1. The number of aliphatic hydroxyl groups excluding tert-OH is 1. The number of benzene rings is 2. The Morgan fingerprint density at radius 2 is 2.00 bits per heavy atom. The molecule has 0 bridgehead atoms. The molecule has 3 aromatic rings. The van der Waals surface area contributed by atoms with E-state index in [0.717, 1.165) is 16.5 Å². The molecule has 1 atom stereocenters. The summed E-state index contributed by atoms with van der Waals surface area (Å²) in [6.07, 6.45) is 1.72. The molecule has 0 radical (unpaired) electrons. The van der Waals surface area contributed by atoms with Crippen molar-refractivity contribution in [3.63, 3.8) is 0 Å². The van der Waals surface area contributed by atoms with Crippen molar-refractivity contribution in [3.8, 4) is 5.75 Å². The number of carbonyl (C=O) groups is 1. The van der Waals surface area contributed by atoms with Gasteiger partial charge in [0.2, 0.25) is 0 Å². The van der Waals surface area contributed by atoms with Crippen molar-refractivity contribution in [2.24, 2.45) is 7.05 Å². The third kappa shape index (κ3) is 3.73. The van der Waals surface area contributed by atoms with E-state index < -0.39 is 6.10 Å². The molecule has 1 amide bonds. The molecule has 1 aromatic heterocycles. The van der Waals surface area contributed by atoms with E-state index in [1.54, 1.807) is 0 Å². The molecule has 5 nitrogen and oxygen atoms in total. The fraction of sp³-hybridized carbons (Fsp3) is 0.286. The van der Waals surface area contributed by atoms with Gasteiger partial charge in [-0.15, -0.1) is 0 Å². The van der Waals surface area contributed by atoms with Crippen LogP contribution < -0.4 is 10.1 Å². The fourth-order valence-electron chi connectivity index (χ4n) is 3.14. The van der Waals surface area contributed by atoms with Crippen molar-refractivity contribution >= 4 is 16.7 Å². The summed E-state index contributed by atoms with van der Waals surface area (Å²) in [5.41, 5.74) is 1.37. The van der Waals surface area contributed by atoms with Gasteiger partial charge in [0.05, 0.1) is 18.3 Å². The minimum Gasteiger partial charge on any atom is -0.493 e. The highest BCUT2D eigenvalue weighted by molar-refractivity contribution is 6.09. The Labute approximate surface area is 153 Å². The zero-order valence-electron chi connectivity index (χ0n) is 15.1. The van der Waals surface area contributed by atoms with Crippen molar-refractivity contribution in [2.45, 2.75) is 19.4 Å². The molecule has 5 heteroatoms. The Hall–Kier alpha value is -2.79. The van der Waals surface area contributed by atoms with Gasteiger partial charge in [-0.05, 0) is 42.3 Å². The lowest BCUT2D eigenvalue weighted by Crippen LogP contribution is -2.26. The highest BCUT2D eigenvalue weighted by Crippen LogP contribution is 2.28. The number of hydrogen-bond donors (Lipinski definition) is 2. The van der Waals surface area contributed by atoms with Gasteiger partial charge in [-0.3, -0.25) is 4.79 Å². The molecule has 0 aliphatic rings. The summed E-state index contributed by atoms with van der Waals surface area (Å²) in [5.74, 6) is 0.385. The smallest absolute Gasteiger partial charge is 0.255 e. The van der Waals surface area contributed by atoms with Crippen LogP contribution >= 0.6 is 0 Å². The van der Waals surface area contributed by atoms with Crippen LogP contribution in [0.1, 0.15) is 35.5 Å². The number of ether oxygens (including phenoxy) is 1. The first-order valence-electron chi connectivity index (χ1n) is 8.84. The second-order valence-corrected chi connectivity index (χ2v) is 6.20. The van der Waals surface area contributed by atoms with Crippen LogP contribution in [0.15, 0.2) is 54.7 Å². The quantitative estimate of drug-likeness (QED) is 0.685. The van der Waals surface area contributed by atoms with Gasteiger partial charge in [0.15, 0.2) is 0 Å². The lowest BCUT2D eigenvalue weighted by atomic mass is 10.0. The van der Waals surface area contributed by atoms with Gasteiger partial charge in [0, 0.05) is 25.5 Å². The summed E-state index contributed by atoms with van der Waals surface area (Å²) in [6.45, 7) is 2.76. The number of rotatable bonds is 7. The van der Waals surface area contributed by atoms with Crippen LogP contribution in [-0.4, -0.2) is 28.7 Å². The minimum absolute atomic E-state index is 0.190. The molecule has 0 fully saturated rings. The van der Waals surface area contributed by atoms with Gasteiger partial charge in [0.1, 0.15) is 5.75 Å². The van der Waals surface area contributed by atoms with Crippen LogP contribution in [0.2, 0.25) is 0 Å². The fourth-order valence-corrected chi connectivity index (χ4v) is 3.14. The van der Waals surface area contributed by atoms with Crippen LogP contribution in [0.25, 0.3) is 10.8 Å². The predicted octanol–water partition coefficient (Wildman–Crippen LogP) is 3.43. The van der Waals surface area contributed by atoms with E-state index in [0.29, 0.717) is 30.9 Å². The summed E-state index contributed by atoms with van der Waals surface area (Å²) in [4.78, 5) is 12.8. The largest absolute Gasteiger partial charge is 0.493 e. The van der Waals surface area contributed by atoms with E-state index in [-0.39, 0.29) is 5.91 Å². The maximum Gasteiger partial charge on any atom is 0.255 e. The maximum absolute atomic E-state index is 12.8. The predicted molar refractivity (Wildman–Crippen MR) is 102 cm³/mol. The molecule has 0 aliphatic heterocycles. The zero-order chi connectivity index (χ0) is 18.5. The molecule has 2 aromatic carbocycles. The number of fused-ring (bicyclic) bond motifs is 1. The van der Waals surface area contributed by atoms with Crippen molar-refractivity contribution < 1.29 is 14.6 Å². The van der Waals surface area contributed by atoms with Gasteiger partial charge < -0.3 is 19.7 Å². The van der Waals surface area contributed by atoms with Gasteiger partial charge in [0.25, 0.3) is 5.91 Å². The number of nitrogens with one attached hydrogen (secondary N) is 1.